The summed E-state index contributed by atoms with van der Waals surface area (Å²) in [6.07, 6.45) is 3.89. The lowest BCUT2D eigenvalue weighted by molar-refractivity contribution is 0.886. The number of rotatable bonds is 1. The largest absolute Gasteiger partial charge is 0.0656 e. The predicted molar refractivity (Wildman–Crippen MR) is 80.5 cm³/mol. The van der Waals surface area contributed by atoms with Gasteiger partial charge in [-0.25, -0.2) is 0 Å². The van der Waals surface area contributed by atoms with Crippen molar-refractivity contribution in [2.24, 2.45) is 0 Å². The normalized spacial score (nSPS) is 8.71. The van der Waals surface area contributed by atoms with Gasteiger partial charge in [-0.2, -0.15) is 0 Å². The summed E-state index contributed by atoms with van der Waals surface area (Å²) in [5, 5.41) is 2.62. The second-order valence-electron chi connectivity index (χ2n) is 4.05. The molecule has 94 valence electrons. The summed E-state index contributed by atoms with van der Waals surface area (Å²) in [5.74, 6) is 0. The number of hydrogen-bond acceptors (Lipinski definition) is 0. The number of fused-ring (bicyclic) bond motifs is 1. The fourth-order valence-corrected chi connectivity index (χ4v) is 1.13. The lowest BCUT2D eigenvalue weighted by Gasteiger charge is -1.92. The molecule has 0 nitrogen and oxygen atoms in total. The highest BCUT2D eigenvalue weighted by Gasteiger charge is 1.85. The van der Waals surface area contributed by atoms with Crippen molar-refractivity contribution < 1.29 is 0 Å². The van der Waals surface area contributed by atoms with Gasteiger partial charge < -0.3 is 0 Å². The van der Waals surface area contributed by atoms with E-state index in [1.165, 1.54) is 30.0 Å². The molecule has 2 rings (SSSR count). The molecule has 0 aliphatic carbocycles. The summed E-state index contributed by atoms with van der Waals surface area (Å²) < 4.78 is 0. The van der Waals surface area contributed by atoms with Crippen molar-refractivity contribution in [2.45, 2.75) is 47.0 Å². The van der Waals surface area contributed by atoms with E-state index < -0.39 is 0 Å². The summed E-state index contributed by atoms with van der Waals surface area (Å²) in [7, 11) is 0. The fourth-order valence-electron chi connectivity index (χ4n) is 1.13. The number of benzene rings is 2. The predicted octanol–water partition coefficient (Wildman–Crippen LogP) is 6.06. The van der Waals surface area contributed by atoms with Gasteiger partial charge >= 0.3 is 0 Å². The van der Waals surface area contributed by atoms with Crippen molar-refractivity contribution in [3.63, 3.8) is 0 Å². The summed E-state index contributed by atoms with van der Waals surface area (Å²) >= 11 is 0. The standard InChI is InChI=1S/C10H8.C4H10.C3H8/c1-2-6-10-8-4-3-7-9(10)5-1;1-3-4-2;1-3-2/h1-8H;3-4H2,1-2H3;3H2,1-2H3. The molecule has 2 aromatic carbocycles. The molecule has 2 aromatic rings. The van der Waals surface area contributed by atoms with Crippen LogP contribution >= 0.6 is 0 Å². The molecule has 0 heterocycles. The van der Waals surface area contributed by atoms with E-state index in [-0.39, 0.29) is 0 Å². The molecular formula is C17H26. The third-order valence-electron chi connectivity index (χ3n) is 2.16. The van der Waals surface area contributed by atoms with E-state index in [0.717, 1.165) is 0 Å². The second kappa shape index (κ2) is 11.2. The van der Waals surface area contributed by atoms with Crippen LogP contribution in [-0.2, 0) is 0 Å². The lowest BCUT2D eigenvalue weighted by Crippen LogP contribution is -1.67. The smallest absolute Gasteiger partial charge is 0.0184 e. The van der Waals surface area contributed by atoms with E-state index in [4.69, 9.17) is 0 Å². The first-order valence-electron chi connectivity index (χ1n) is 6.73. The van der Waals surface area contributed by atoms with E-state index in [0.29, 0.717) is 0 Å². The van der Waals surface area contributed by atoms with Crippen molar-refractivity contribution >= 4 is 10.8 Å². The molecule has 0 radical (unpaired) electrons. The Balaban J connectivity index is 0.000000311. The molecule has 0 N–H and O–H groups in total. The maximum atomic E-state index is 2.18. The van der Waals surface area contributed by atoms with Crippen molar-refractivity contribution in [1.82, 2.24) is 0 Å². The molecule has 0 aliphatic rings. The van der Waals surface area contributed by atoms with Gasteiger partial charge in [-0.05, 0) is 10.8 Å². The van der Waals surface area contributed by atoms with Crippen LogP contribution in [0.1, 0.15) is 47.0 Å². The second-order valence-corrected chi connectivity index (χ2v) is 4.05. The van der Waals surface area contributed by atoms with E-state index >= 15 is 0 Å². The molecule has 0 heteroatoms. The zero-order chi connectivity index (χ0) is 12.9. The van der Waals surface area contributed by atoms with Gasteiger partial charge in [0, 0.05) is 0 Å². The molecule has 0 bridgehead atoms. The average molecular weight is 230 g/mol. The van der Waals surface area contributed by atoms with Gasteiger partial charge in [-0.3, -0.25) is 0 Å². The summed E-state index contributed by atoms with van der Waals surface area (Å²) in [5.41, 5.74) is 0. The Bertz CT molecular complexity index is 309. The topological polar surface area (TPSA) is 0 Å². The van der Waals surface area contributed by atoms with E-state index in [1.54, 1.807) is 0 Å². The Hall–Kier alpha value is -1.30. The Morgan fingerprint density at radius 1 is 0.588 bits per heavy atom. The molecule has 17 heavy (non-hydrogen) atoms. The quantitative estimate of drug-likeness (QED) is 0.558. The summed E-state index contributed by atoms with van der Waals surface area (Å²) in [6.45, 7) is 8.61. The van der Waals surface area contributed by atoms with Crippen LogP contribution in [0.25, 0.3) is 10.8 Å². The van der Waals surface area contributed by atoms with Gasteiger partial charge in [0.15, 0.2) is 0 Å². The fraction of sp³-hybridized carbons (Fsp3) is 0.412. The third kappa shape index (κ3) is 7.57. The van der Waals surface area contributed by atoms with Gasteiger partial charge in [-0.1, -0.05) is 95.5 Å². The monoisotopic (exact) mass is 230 g/mol. The van der Waals surface area contributed by atoms with Crippen LogP contribution < -0.4 is 0 Å². The van der Waals surface area contributed by atoms with E-state index in [1.807, 2.05) is 0 Å². The van der Waals surface area contributed by atoms with Crippen LogP contribution in [0.15, 0.2) is 48.5 Å². The highest BCUT2D eigenvalue weighted by atomic mass is 13.9. The summed E-state index contributed by atoms with van der Waals surface area (Å²) in [6, 6.07) is 16.7. The number of hydrogen-bond donors (Lipinski definition) is 0. The lowest BCUT2D eigenvalue weighted by atomic mass is 10.1. The maximum Gasteiger partial charge on any atom is -0.0184 e. The minimum atomic E-state index is 1.25. The van der Waals surface area contributed by atoms with Crippen LogP contribution in [0.4, 0.5) is 0 Å². The van der Waals surface area contributed by atoms with Crippen molar-refractivity contribution in [3.8, 4) is 0 Å². The van der Waals surface area contributed by atoms with Crippen LogP contribution in [0.2, 0.25) is 0 Å². The molecule has 0 unspecified atom stereocenters. The molecule has 0 saturated heterocycles. The number of unbranched alkanes of at least 4 members (excludes halogenated alkanes) is 1. The molecule has 0 fully saturated rings. The van der Waals surface area contributed by atoms with Crippen molar-refractivity contribution in [3.05, 3.63) is 48.5 Å². The van der Waals surface area contributed by atoms with Crippen LogP contribution in [0.5, 0.6) is 0 Å². The first-order valence-corrected chi connectivity index (χ1v) is 6.73. The van der Waals surface area contributed by atoms with Gasteiger partial charge in [-0.15, -0.1) is 0 Å². The minimum absolute atomic E-state index is 1.25. The van der Waals surface area contributed by atoms with Crippen molar-refractivity contribution in [2.75, 3.05) is 0 Å². The zero-order valence-corrected chi connectivity index (χ0v) is 11.7. The molecule has 0 amide bonds. The van der Waals surface area contributed by atoms with Crippen LogP contribution in [0, 0.1) is 0 Å². The first-order chi connectivity index (χ1) is 8.29. The van der Waals surface area contributed by atoms with Crippen LogP contribution in [-0.4, -0.2) is 0 Å². The van der Waals surface area contributed by atoms with E-state index in [2.05, 4.69) is 76.2 Å². The van der Waals surface area contributed by atoms with Gasteiger partial charge in [0.2, 0.25) is 0 Å². The maximum absolute atomic E-state index is 2.18. The van der Waals surface area contributed by atoms with Gasteiger partial charge in [0.1, 0.15) is 0 Å². The van der Waals surface area contributed by atoms with Gasteiger partial charge in [0.05, 0.1) is 0 Å². The Labute approximate surface area is 107 Å². The molecular weight excluding hydrogens is 204 g/mol. The highest BCUT2D eigenvalue weighted by molar-refractivity contribution is 5.81. The van der Waals surface area contributed by atoms with Gasteiger partial charge in [0.25, 0.3) is 0 Å². The summed E-state index contributed by atoms with van der Waals surface area (Å²) in [4.78, 5) is 0. The Morgan fingerprint density at radius 2 is 0.824 bits per heavy atom. The zero-order valence-electron chi connectivity index (χ0n) is 11.7. The molecule has 0 aliphatic heterocycles. The molecule has 0 aromatic heterocycles. The third-order valence-corrected chi connectivity index (χ3v) is 2.16. The molecule has 0 spiro atoms. The minimum Gasteiger partial charge on any atom is -0.0656 e. The molecule has 0 atom stereocenters. The first kappa shape index (κ1) is 15.7. The average Bonchev–Trinajstić information content (AvgIpc) is 2.40. The Morgan fingerprint density at radius 3 is 1.00 bits per heavy atom. The van der Waals surface area contributed by atoms with Crippen LogP contribution in [0.3, 0.4) is 0 Å². The SMILES string of the molecule is CCC.CCCC.c1ccc2ccccc2c1. The van der Waals surface area contributed by atoms with E-state index in [9.17, 15) is 0 Å². The highest BCUT2D eigenvalue weighted by Crippen LogP contribution is 2.11. The Kier molecular flexibility index (Phi) is 10.3. The van der Waals surface area contributed by atoms with Crippen molar-refractivity contribution in [1.29, 1.82) is 0 Å². The molecule has 0 saturated carbocycles.